The Kier molecular flexibility index (Phi) is 5.83. The number of fused-ring (bicyclic) bond motifs is 1. The summed E-state index contributed by atoms with van der Waals surface area (Å²) in [5.41, 5.74) is 8.86. The topological polar surface area (TPSA) is 93.7 Å². The Morgan fingerprint density at radius 2 is 1.88 bits per heavy atom. The fourth-order valence-electron chi connectivity index (χ4n) is 4.24. The summed E-state index contributed by atoms with van der Waals surface area (Å²) in [4.78, 5) is 22.9. The Bertz CT molecular complexity index is 1210. The van der Waals surface area contributed by atoms with Gasteiger partial charge in [-0.1, -0.05) is 24.8 Å². The molecule has 2 aromatic carbocycles. The number of anilines is 1. The van der Waals surface area contributed by atoms with Crippen LogP contribution in [0.2, 0.25) is 0 Å². The third-order valence-electron chi connectivity index (χ3n) is 5.85. The number of nitrogens with two attached hydrogens (primary N) is 1. The zero-order valence-electron chi connectivity index (χ0n) is 18.1. The van der Waals surface area contributed by atoms with E-state index in [1.54, 1.807) is 0 Å². The average molecular weight is 460 g/mol. The second-order valence-electron chi connectivity index (χ2n) is 7.97. The summed E-state index contributed by atoms with van der Waals surface area (Å²) < 4.78 is 11.1. The molecule has 8 heteroatoms. The standard InChI is InChI=1S/C25H25N5O2S/c1-2-21(31)30-14-6-9-20(15-30)33-25-22(24(26)27-16-28-25)23(29-33)17-10-12-19(13-11-17)32-18-7-4-3-5-8-18/h2-5,7-8,10-13,16,20,33H,1,6,9,14-15H2,(H2,26,27,28). The van der Waals surface area contributed by atoms with Gasteiger partial charge in [0.25, 0.3) is 0 Å². The second kappa shape index (κ2) is 9.07. The molecule has 2 aliphatic rings. The largest absolute Gasteiger partial charge is 0.457 e. The summed E-state index contributed by atoms with van der Waals surface area (Å²) in [7, 11) is 0. The van der Waals surface area contributed by atoms with Gasteiger partial charge in [-0.3, -0.25) is 4.79 Å². The van der Waals surface area contributed by atoms with E-state index in [1.807, 2.05) is 59.5 Å². The highest BCUT2D eigenvalue weighted by molar-refractivity contribution is 8.16. The molecule has 33 heavy (non-hydrogen) atoms. The lowest BCUT2D eigenvalue weighted by molar-refractivity contribution is -0.126. The summed E-state index contributed by atoms with van der Waals surface area (Å²) in [6.07, 6.45) is 4.83. The first-order valence-electron chi connectivity index (χ1n) is 10.9. The Morgan fingerprint density at radius 3 is 2.64 bits per heavy atom. The van der Waals surface area contributed by atoms with Crippen molar-refractivity contribution in [1.29, 1.82) is 0 Å². The lowest BCUT2D eigenvalue weighted by Gasteiger charge is -2.35. The van der Waals surface area contributed by atoms with E-state index in [9.17, 15) is 4.79 Å². The van der Waals surface area contributed by atoms with Crippen molar-refractivity contribution in [2.45, 2.75) is 23.1 Å². The average Bonchev–Trinajstić information content (AvgIpc) is 3.26. The molecule has 7 nitrogen and oxygen atoms in total. The van der Waals surface area contributed by atoms with Crippen molar-refractivity contribution in [2.24, 2.45) is 4.40 Å². The number of likely N-dealkylation sites (tertiary alicyclic amines) is 1. The number of hydrogen-bond donors (Lipinski definition) is 2. The smallest absolute Gasteiger partial charge is 0.245 e. The molecule has 2 N–H and O–H groups in total. The van der Waals surface area contributed by atoms with Crippen molar-refractivity contribution in [2.75, 3.05) is 18.8 Å². The van der Waals surface area contributed by atoms with Crippen LogP contribution in [-0.4, -0.2) is 44.8 Å². The molecule has 0 bridgehead atoms. The van der Waals surface area contributed by atoms with Gasteiger partial charge in [-0.15, -0.1) is 11.1 Å². The van der Waals surface area contributed by atoms with E-state index in [2.05, 4.69) is 16.5 Å². The predicted octanol–water partition coefficient (Wildman–Crippen LogP) is 4.15. The highest BCUT2D eigenvalue weighted by Gasteiger charge is 2.35. The van der Waals surface area contributed by atoms with Crippen molar-refractivity contribution in [3.05, 3.63) is 84.7 Å². The van der Waals surface area contributed by atoms with Gasteiger partial charge in [-0.2, -0.15) is 0 Å². The molecule has 3 heterocycles. The number of carbonyl (C=O) groups is 1. The summed E-state index contributed by atoms with van der Waals surface area (Å²) in [5.74, 6) is 1.93. The van der Waals surface area contributed by atoms with Crippen molar-refractivity contribution in [3.8, 4) is 11.5 Å². The molecular weight excluding hydrogens is 434 g/mol. The van der Waals surface area contributed by atoms with Gasteiger partial charge in [0.1, 0.15) is 28.7 Å². The molecule has 1 saturated heterocycles. The van der Waals surface area contributed by atoms with E-state index in [4.69, 9.17) is 14.9 Å². The molecule has 2 unspecified atom stereocenters. The maximum Gasteiger partial charge on any atom is 0.245 e. The number of piperidine rings is 1. The zero-order valence-corrected chi connectivity index (χ0v) is 19.0. The van der Waals surface area contributed by atoms with Crippen LogP contribution in [0.4, 0.5) is 5.82 Å². The molecule has 3 aromatic rings. The number of nitrogen functional groups attached to an aromatic ring is 1. The molecule has 5 rings (SSSR count). The minimum absolute atomic E-state index is 0.0328. The lowest BCUT2D eigenvalue weighted by atomic mass is 10.0. The molecule has 0 saturated carbocycles. The van der Waals surface area contributed by atoms with Crippen molar-refractivity contribution >= 4 is 28.5 Å². The molecular formula is C25H25N5O2S. The van der Waals surface area contributed by atoms with Crippen LogP contribution in [0.15, 0.2) is 83.0 Å². The van der Waals surface area contributed by atoms with Crippen molar-refractivity contribution in [3.63, 3.8) is 0 Å². The maximum absolute atomic E-state index is 12.2. The number of para-hydroxylation sites is 1. The van der Waals surface area contributed by atoms with Crippen LogP contribution in [0.3, 0.4) is 0 Å². The van der Waals surface area contributed by atoms with Gasteiger partial charge in [0.15, 0.2) is 0 Å². The van der Waals surface area contributed by atoms with Gasteiger partial charge in [0, 0.05) is 23.9 Å². The molecule has 168 valence electrons. The first-order valence-corrected chi connectivity index (χ1v) is 12.2. The number of ether oxygens (including phenoxy) is 1. The van der Waals surface area contributed by atoms with Crippen LogP contribution in [0.25, 0.3) is 0 Å². The number of rotatable bonds is 5. The number of aromatic nitrogens is 2. The van der Waals surface area contributed by atoms with E-state index in [0.717, 1.165) is 52.7 Å². The molecule has 2 atom stereocenters. The van der Waals surface area contributed by atoms with Crippen molar-refractivity contribution in [1.82, 2.24) is 14.9 Å². The maximum atomic E-state index is 12.2. The Morgan fingerprint density at radius 1 is 1.12 bits per heavy atom. The van der Waals surface area contributed by atoms with E-state index in [1.165, 1.54) is 12.4 Å². The molecule has 1 amide bonds. The first kappa shape index (κ1) is 21.2. The van der Waals surface area contributed by atoms with E-state index < -0.39 is 11.1 Å². The summed E-state index contributed by atoms with van der Waals surface area (Å²) in [5, 5.41) is 1.12. The molecule has 0 spiro atoms. The van der Waals surface area contributed by atoms with Crippen LogP contribution in [0, 0.1) is 0 Å². The quantitative estimate of drug-likeness (QED) is 0.340. The fourth-order valence-corrected chi connectivity index (χ4v) is 6.67. The van der Waals surface area contributed by atoms with Crippen LogP contribution in [-0.2, 0) is 4.79 Å². The highest BCUT2D eigenvalue weighted by Crippen LogP contribution is 2.52. The molecule has 0 radical (unpaired) electrons. The van der Waals surface area contributed by atoms with Gasteiger partial charge in [0.2, 0.25) is 5.91 Å². The molecule has 1 fully saturated rings. The Hall–Kier alpha value is -3.65. The lowest BCUT2D eigenvalue weighted by Crippen LogP contribution is -2.41. The SMILES string of the molecule is C=CC(=O)N1CCCC([SH]2N=C(c3ccc(Oc4ccccc4)cc3)c3c(N)ncnc32)C1. The van der Waals surface area contributed by atoms with Gasteiger partial charge >= 0.3 is 0 Å². The number of hydrogen-bond acceptors (Lipinski definition) is 6. The van der Waals surface area contributed by atoms with Gasteiger partial charge in [-0.05, 0) is 55.3 Å². The van der Waals surface area contributed by atoms with Crippen LogP contribution >= 0.6 is 11.1 Å². The summed E-state index contributed by atoms with van der Waals surface area (Å²) in [6.45, 7) is 5.04. The number of nitrogens with zero attached hydrogens (tertiary/aromatic N) is 4. The van der Waals surface area contributed by atoms with E-state index in [0.29, 0.717) is 12.4 Å². The minimum atomic E-state index is -0.965. The zero-order chi connectivity index (χ0) is 22.8. The molecule has 2 aliphatic heterocycles. The number of benzene rings is 2. The third kappa shape index (κ3) is 4.21. The molecule has 1 aromatic heterocycles. The number of amides is 1. The van der Waals surface area contributed by atoms with Crippen molar-refractivity contribution < 1.29 is 9.53 Å². The fraction of sp³-hybridized carbons (Fsp3) is 0.200. The molecule has 0 aliphatic carbocycles. The predicted molar refractivity (Wildman–Crippen MR) is 132 cm³/mol. The summed E-state index contributed by atoms with van der Waals surface area (Å²) in [6, 6.07) is 17.5. The Balaban J connectivity index is 1.45. The third-order valence-corrected chi connectivity index (χ3v) is 8.16. The Labute approximate surface area is 195 Å². The normalized spacial score (nSPS) is 20.6. The number of carbonyl (C=O) groups excluding carboxylic acids is 1. The van der Waals surface area contributed by atoms with Gasteiger partial charge in [-0.25, -0.2) is 14.4 Å². The monoisotopic (exact) mass is 459 g/mol. The minimum Gasteiger partial charge on any atom is -0.457 e. The first-order chi connectivity index (χ1) is 16.1. The van der Waals surface area contributed by atoms with E-state index >= 15 is 0 Å². The van der Waals surface area contributed by atoms with Gasteiger partial charge < -0.3 is 15.4 Å². The second-order valence-corrected chi connectivity index (χ2v) is 10.0. The van der Waals surface area contributed by atoms with Crippen LogP contribution in [0.1, 0.15) is 24.0 Å². The summed E-state index contributed by atoms with van der Waals surface area (Å²) >= 11 is -0.965. The highest BCUT2D eigenvalue weighted by atomic mass is 32.2. The van der Waals surface area contributed by atoms with Crippen LogP contribution < -0.4 is 10.5 Å². The van der Waals surface area contributed by atoms with Crippen LogP contribution in [0.5, 0.6) is 11.5 Å². The van der Waals surface area contributed by atoms with Gasteiger partial charge in [0.05, 0.1) is 11.3 Å². The van der Waals surface area contributed by atoms with E-state index in [-0.39, 0.29) is 11.2 Å². The number of thiol groups is 1.